The van der Waals surface area contributed by atoms with Crippen LogP contribution in [0.4, 0.5) is 4.79 Å². The molecule has 0 spiro atoms. The first-order valence-corrected chi connectivity index (χ1v) is 6.89. The molecule has 0 radical (unpaired) electrons. The Balaban J connectivity index is 1.93. The molecule has 3 amide bonds. The maximum atomic E-state index is 12.4. The zero-order valence-electron chi connectivity index (χ0n) is 11.3. The minimum Gasteiger partial charge on any atom is -0.354 e. The molecule has 2 unspecified atom stereocenters. The van der Waals surface area contributed by atoms with Gasteiger partial charge in [0.1, 0.15) is 0 Å². The SMILES string of the molecule is CC1CCCCN1C(=O)N(C)C1CCC(=O)NC1. The van der Waals surface area contributed by atoms with Crippen LogP contribution in [0.1, 0.15) is 39.0 Å². The van der Waals surface area contributed by atoms with Crippen molar-refractivity contribution in [2.24, 2.45) is 0 Å². The average molecular weight is 253 g/mol. The third-order valence-corrected chi connectivity index (χ3v) is 4.14. The third-order valence-electron chi connectivity index (χ3n) is 4.14. The van der Waals surface area contributed by atoms with E-state index in [4.69, 9.17) is 0 Å². The summed E-state index contributed by atoms with van der Waals surface area (Å²) >= 11 is 0. The molecule has 2 heterocycles. The zero-order valence-corrected chi connectivity index (χ0v) is 11.3. The van der Waals surface area contributed by atoms with Crippen molar-refractivity contribution >= 4 is 11.9 Å². The predicted molar refractivity (Wildman–Crippen MR) is 69.2 cm³/mol. The van der Waals surface area contributed by atoms with Gasteiger partial charge >= 0.3 is 6.03 Å². The second-order valence-electron chi connectivity index (χ2n) is 5.43. The number of rotatable bonds is 1. The van der Waals surface area contributed by atoms with Crippen molar-refractivity contribution < 1.29 is 9.59 Å². The number of nitrogens with zero attached hydrogens (tertiary/aromatic N) is 2. The molecule has 2 aliphatic rings. The van der Waals surface area contributed by atoms with Gasteiger partial charge in [-0.15, -0.1) is 0 Å². The monoisotopic (exact) mass is 253 g/mol. The molecule has 18 heavy (non-hydrogen) atoms. The van der Waals surface area contributed by atoms with Crippen molar-refractivity contribution in [3.8, 4) is 0 Å². The molecule has 2 aliphatic heterocycles. The lowest BCUT2D eigenvalue weighted by atomic mass is 10.0. The Morgan fingerprint density at radius 1 is 1.39 bits per heavy atom. The Kier molecular flexibility index (Phi) is 4.09. The van der Waals surface area contributed by atoms with E-state index in [2.05, 4.69) is 12.2 Å². The highest BCUT2D eigenvalue weighted by Crippen LogP contribution is 2.19. The fourth-order valence-electron chi connectivity index (χ4n) is 2.79. The van der Waals surface area contributed by atoms with Gasteiger partial charge in [0.05, 0.1) is 6.04 Å². The van der Waals surface area contributed by atoms with Crippen LogP contribution in [0.25, 0.3) is 0 Å². The number of nitrogens with one attached hydrogen (secondary N) is 1. The fourth-order valence-corrected chi connectivity index (χ4v) is 2.79. The van der Waals surface area contributed by atoms with Crippen LogP contribution in [0.15, 0.2) is 0 Å². The Morgan fingerprint density at radius 2 is 2.17 bits per heavy atom. The van der Waals surface area contributed by atoms with Crippen LogP contribution in [-0.2, 0) is 4.79 Å². The van der Waals surface area contributed by atoms with Gasteiger partial charge in [-0.25, -0.2) is 4.79 Å². The molecule has 5 nitrogen and oxygen atoms in total. The maximum Gasteiger partial charge on any atom is 0.320 e. The number of amides is 3. The van der Waals surface area contributed by atoms with Crippen molar-refractivity contribution in [1.29, 1.82) is 0 Å². The lowest BCUT2D eigenvalue weighted by Gasteiger charge is -2.39. The Morgan fingerprint density at radius 3 is 2.78 bits per heavy atom. The summed E-state index contributed by atoms with van der Waals surface area (Å²) in [5.74, 6) is 0.0958. The number of carbonyl (C=O) groups is 2. The number of likely N-dealkylation sites (tertiary alicyclic amines) is 1. The van der Waals surface area contributed by atoms with E-state index >= 15 is 0 Å². The molecule has 0 aliphatic carbocycles. The summed E-state index contributed by atoms with van der Waals surface area (Å²) in [7, 11) is 1.85. The Bertz CT molecular complexity index is 322. The van der Waals surface area contributed by atoms with E-state index in [9.17, 15) is 9.59 Å². The molecule has 102 valence electrons. The van der Waals surface area contributed by atoms with E-state index in [-0.39, 0.29) is 18.0 Å². The van der Waals surface area contributed by atoms with E-state index in [1.54, 1.807) is 4.90 Å². The van der Waals surface area contributed by atoms with Crippen LogP contribution >= 0.6 is 0 Å². The lowest BCUT2D eigenvalue weighted by molar-refractivity contribution is -0.123. The highest BCUT2D eigenvalue weighted by atomic mass is 16.2. The topological polar surface area (TPSA) is 52.7 Å². The molecule has 5 heteroatoms. The van der Waals surface area contributed by atoms with Gasteiger partial charge in [-0.3, -0.25) is 4.79 Å². The highest BCUT2D eigenvalue weighted by Gasteiger charge is 2.30. The summed E-state index contributed by atoms with van der Waals surface area (Å²) < 4.78 is 0. The van der Waals surface area contributed by atoms with Gasteiger partial charge in [0.2, 0.25) is 5.91 Å². The minimum absolute atomic E-state index is 0.0958. The highest BCUT2D eigenvalue weighted by molar-refractivity contribution is 5.78. The van der Waals surface area contributed by atoms with E-state index in [0.29, 0.717) is 19.0 Å². The average Bonchev–Trinajstić information content (AvgIpc) is 2.38. The van der Waals surface area contributed by atoms with Crippen molar-refractivity contribution in [3.05, 3.63) is 0 Å². The first-order chi connectivity index (χ1) is 8.59. The zero-order chi connectivity index (χ0) is 13.1. The van der Waals surface area contributed by atoms with Crippen LogP contribution < -0.4 is 5.32 Å². The van der Waals surface area contributed by atoms with Gasteiger partial charge < -0.3 is 15.1 Å². The molecule has 0 bridgehead atoms. The summed E-state index contributed by atoms with van der Waals surface area (Å²) in [5.41, 5.74) is 0. The Hall–Kier alpha value is -1.26. The van der Waals surface area contributed by atoms with Crippen LogP contribution in [0.2, 0.25) is 0 Å². The summed E-state index contributed by atoms with van der Waals surface area (Å²) in [5, 5.41) is 2.83. The molecule has 2 rings (SSSR count). The quantitative estimate of drug-likeness (QED) is 0.763. The van der Waals surface area contributed by atoms with Gasteiger partial charge in [0.15, 0.2) is 0 Å². The van der Waals surface area contributed by atoms with Crippen molar-refractivity contribution in [2.75, 3.05) is 20.1 Å². The Labute approximate surface area is 108 Å². The molecule has 2 saturated heterocycles. The van der Waals surface area contributed by atoms with E-state index < -0.39 is 0 Å². The number of carbonyl (C=O) groups excluding carboxylic acids is 2. The van der Waals surface area contributed by atoms with Crippen molar-refractivity contribution in [1.82, 2.24) is 15.1 Å². The molecule has 0 saturated carbocycles. The smallest absolute Gasteiger partial charge is 0.320 e. The molecule has 1 N–H and O–H groups in total. The van der Waals surface area contributed by atoms with Crippen LogP contribution in [0.3, 0.4) is 0 Å². The molecule has 0 aromatic heterocycles. The number of hydrogen-bond acceptors (Lipinski definition) is 2. The van der Waals surface area contributed by atoms with Gasteiger partial charge in [-0.05, 0) is 32.6 Å². The molecule has 2 atom stereocenters. The maximum absolute atomic E-state index is 12.4. The summed E-state index contributed by atoms with van der Waals surface area (Å²) in [6, 6.07) is 0.597. The second kappa shape index (κ2) is 5.59. The van der Waals surface area contributed by atoms with Crippen LogP contribution in [0, 0.1) is 0 Å². The first kappa shape index (κ1) is 13.2. The molecular weight excluding hydrogens is 230 g/mol. The fraction of sp³-hybridized carbons (Fsp3) is 0.846. The molecule has 0 aromatic carbocycles. The second-order valence-corrected chi connectivity index (χ2v) is 5.43. The van der Waals surface area contributed by atoms with Gasteiger partial charge in [-0.1, -0.05) is 0 Å². The number of urea groups is 1. The van der Waals surface area contributed by atoms with Gasteiger partial charge in [0.25, 0.3) is 0 Å². The van der Waals surface area contributed by atoms with Crippen LogP contribution in [0.5, 0.6) is 0 Å². The third kappa shape index (κ3) is 2.76. The van der Waals surface area contributed by atoms with Crippen molar-refractivity contribution in [3.63, 3.8) is 0 Å². The number of hydrogen-bond donors (Lipinski definition) is 1. The van der Waals surface area contributed by atoms with Gasteiger partial charge in [-0.2, -0.15) is 0 Å². The van der Waals surface area contributed by atoms with E-state index in [0.717, 1.165) is 25.8 Å². The normalized spacial score (nSPS) is 28.8. The van der Waals surface area contributed by atoms with Crippen molar-refractivity contribution in [2.45, 2.75) is 51.1 Å². The minimum atomic E-state index is 0.0958. The molecular formula is C13H23N3O2. The molecule has 2 fully saturated rings. The number of piperidine rings is 2. The van der Waals surface area contributed by atoms with E-state index in [1.165, 1.54) is 6.42 Å². The lowest BCUT2D eigenvalue weighted by Crippen LogP contribution is -2.55. The van der Waals surface area contributed by atoms with E-state index in [1.807, 2.05) is 11.9 Å². The molecule has 0 aromatic rings. The largest absolute Gasteiger partial charge is 0.354 e. The summed E-state index contributed by atoms with van der Waals surface area (Å²) in [6.07, 6.45) is 4.72. The standard InChI is InChI=1S/C13H23N3O2/c1-10-5-3-4-8-16(10)13(18)15(2)11-6-7-12(17)14-9-11/h10-11H,3-9H2,1-2H3,(H,14,17). The predicted octanol–water partition coefficient (Wildman–Crippen LogP) is 1.19. The summed E-state index contributed by atoms with van der Waals surface area (Å²) in [6.45, 7) is 3.57. The summed E-state index contributed by atoms with van der Waals surface area (Å²) in [4.78, 5) is 27.3. The van der Waals surface area contributed by atoms with Gasteiger partial charge in [0, 0.05) is 32.6 Å². The van der Waals surface area contributed by atoms with Crippen LogP contribution in [-0.4, -0.2) is 54.0 Å². The first-order valence-electron chi connectivity index (χ1n) is 6.89. The number of likely N-dealkylation sites (N-methyl/N-ethyl adjacent to an activating group) is 1.